The number of benzene rings is 2. The van der Waals surface area contributed by atoms with Gasteiger partial charge in [0.1, 0.15) is 17.2 Å². The van der Waals surface area contributed by atoms with Gasteiger partial charge in [-0.3, -0.25) is 0 Å². The molecule has 1 heterocycles. The average Bonchev–Trinajstić information content (AvgIpc) is 2.69. The van der Waals surface area contributed by atoms with Crippen molar-refractivity contribution in [3.63, 3.8) is 0 Å². The Hall–Kier alpha value is -2.40. The maximum Gasteiger partial charge on any atom is 0.247 e. The van der Waals surface area contributed by atoms with E-state index in [-0.39, 0.29) is 4.90 Å². The summed E-state index contributed by atoms with van der Waals surface area (Å²) < 4.78 is 32.9. The van der Waals surface area contributed by atoms with Crippen molar-refractivity contribution < 1.29 is 18.1 Å². The smallest absolute Gasteiger partial charge is 0.247 e. The number of sulfonamides is 1. The number of methoxy groups -OCH3 is 1. The van der Waals surface area contributed by atoms with Gasteiger partial charge in [0.15, 0.2) is 0 Å². The number of ether oxygens (including phenoxy) is 1. The summed E-state index contributed by atoms with van der Waals surface area (Å²) >= 11 is 0. The summed E-state index contributed by atoms with van der Waals surface area (Å²) in [6.45, 7) is 5.14. The third kappa shape index (κ3) is 4.30. The van der Waals surface area contributed by atoms with E-state index in [4.69, 9.17) is 10.00 Å². The minimum atomic E-state index is -3.57. The SMILES string of the molecule is COc1ccc(C)cc1S(=O)(=O)N1CC[NH+](Cc2ccc(C#N)cc2)CC1. The van der Waals surface area contributed by atoms with E-state index in [0.717, 1.165) is 30.8 Å². The van der Waals surface area contributed by atoms with Crippen LogP contribution in [0.25, 0.3) is 0 Å². The lowest BCUT2D eigenvalue weighted by Gasteiger charge is -2.31. The standard InChI is InChI=1S/C20H23N3O3S/c1-16-3-8-19(26-2)20(13-16)27(24,25)23-11-9-22(10-12-23)15-18-6-4-17(14-21)5-7-18/h3-8,13H,9-12,15H2,1-2H3/p+1. The molecule has 1 aliphatic rings. The zero-order chi connectivity index (χ0) is 19.4. The van der Waals surface area contributed by atoms with Gasteiger partial charge in [-0.1, -0.05) is 18.2 Å². The van der Waals surface area contributed by atoms with Gasteiger partial charge in [-0.25, -0.2) is 8.42 Å². The summed E-state index contributed by atoms with van der Waals surface area (Å²) in [5.41, 5.74) is 2.69. The van der Waals surface area contributed by atoms with Gasteiger partial charge in [-0.15, -0.1) is 0 Å². The lowest BCUT2D eigenvalue weighted by Crippen LogP contribution is -3.13. The van der Waals surface area contributed by atoms with Crippen molar-refractivity contribution in [3.05, 3.63) is 59.2 Å². The molecule has 0 aromatic heterocycles. The number of nitrogens with one attached hydrogen (secondary N) is 1. The van der Waals surface area contributed by atoms with E-state index in [1.165, 1.54) is 12.0 Å². The Morgan fingerprint density at radius 1 is 1.15 bits per heavy atom. The lowest BCUT2D eigenvalue weighted by molar-refractivity contribution is -0.917. The molecule has 0 radical (unpaired) electrons. The molecule has 0 unspecified atom stereocenters. The van der Waals surface area contributed by atoms with Crippen molar-refractivity contribution in [2.45, 2.75) is 18.4 Å². The molecule has 142 valence electrons. The van der Waals surface area contributed by atoms with Crippen LogP contribution in [0.3, 0.4) is 0 Å². The summed E-state index contributed by atoms with van der Waals surface area (Å²) in [7, 11) is -2.08. The number of hydrogen-bond acceptors (Lipinski definition) is 4. The van der Waals surface area contributed by atoms with Crippen LogP contribution in [-0.4, -0.2) is 46.0 Å². The van der Waals surface area contributed by atoms with Crippen LogP contribution in [0.5, 0.6) is 5.75 Å². The summed E-state index contributed by atoms with van der Waals surface area (Å²) in [4.78, 5) is 1.57. The fraction of sp³-hybridized carbons (Fsp3) is 0.350. The molecule has 27 heavy (non-hydrogen) atoms. The third-order valence-corrected chi connectivity index (χ3v) is 6.82. The fourth-order valence-corrected chi connectivity index (χ4v) is 5.01. The van der Waals surface area contributed by atoms with Gasteiger partial charge >= 0.3 is 0 Å². The van der Waals surface area contributed by atoms with Crippen molar-refractivity contribution in [3.8, 4) is 11.8 Å². The molecule has 0 aliphatic carbocycles. The van der Waals surface area contributed by atoms with Crippen molar-refractivity contribution in [1.29, 1.82) is 5.26 Å². The van der Waals surface area contributed by atoms with E-state index >= 15 is 0 Å². The zero-order valence-electron chi connectivity index (χ0n) is 15.6. The number of rotatable bonds is 5. The predicted molar refractivity (Wildman–Crippen MR) is 102 cm³/mol. The van der Waals surface area contributed by atoms with E-state index in [9.17, 15) is 8.42 Å². The molecule has 0 spiro atoms. The van der Waals surface area contributed by atoms with Gasteiger partial charge in [-0.05, 0) is 36.8 Å². The molecule has 0 bridgehead atoms. The summed E-state index contributed by atoms with van der Waals surface area (Å²) in [6, 6.07) is 14.9. The first kappa shape index (κ1) is 19.4. The number of quaternary nitrogens is 1. The molecular formula is C20H24N3O3S+. The quantitative estimate of drug-likeness (QED) is 0.831. The maximum atomic E-state index is 13.1. The van der Waals surface area contributed by atoms with Crippen LogP contribution in [-0.2, 0) is 16.6 Å². The van der Waals surface area contributed by atoms with E-state index in [1.54, 1.807) is 16.4 Å². The van der Waals surface area contributed by atoms with Crippen molar-refractivity contribution in [2.75, 3.05) is 33.3 Å². The highest BCUT2D eigenvalue weighted by Crippen LogP contribution is 2.27. The number of nitrogens with zero attached hydrogens (tertiary/aromatic N) is 2. The Bertz CT molecular complexity index is 941. The van der Waals surface area contributed by atoms with Gasteiger partial charge in [-0.2, -0.15) is 9.57 Å². The second kappa shape index (κ2) is 8.09. The second-order valence-corrected chi connectivity index (χ2v) is 8.70. The largest absolute Gasteiger partial charge is 0.495 e. The highest BCUT2D eigenvalue weighted by molar-refractivity contribution is 7.89. The monoisotopic (exact) mass is 386 g/mol. The molecule has 0 saturated carbocycles. The maximum absolute atomic E-state index is 13.1. The Labute approximate surface area is 160 Å². The Kier molecular flexibility index (Phi) is 5.80. The molecule has 2 aromatic carbocycles. The molecule has 1 fully saturated rings. The average molecular weight is 386 g/mol. The minimum Gasteiger partial charge on any atom is -0.495 e. The first-order chi connectivity index (χ1) is 12.9. The van der Waals surface area contributed by atoms with Crippen molar-refractivity contribution in [2.24, 2.45) is 0 Å². The molecule has 1 aliphatic heterocycles. The molecule has 6 nitrogen and oxygen atoms in total. The Balaban J connectivity index is 1.67. The number of piperazine rings is 1. The molecule has 1 N–H and O–H groups in total. The summed E-state index contributed by atoms with van der Waals surface area (Å²) in [5, 5.41) is 8.88. The molecule has 2 aromatic rings. The number of aryl methyl sites for hydroxylation is 1. The van der Waals surface area contributed by atoms with Crippen LogP contribution in [0.15, 0.2) is 47.4 Å². The normalized spacial score (nSPS) is 16.0. The second-order valence-electron chi connectivity index (χ2n) is 6.79. The molecule has 7 heteroatoms. The van der Waals surface area contributed by atoms with E-state index in [0.29, 0.717) is 24.4 Å². The van der Waals surface area contributed by atoms with Crippen molar-refractivity contribution >= 4 is 10.0 Å². The molecule has 1 saturated heterocycles. The Morgan fingerprint density at radius 2 is 1.81 bits per heavy atom. The predicted octanol–water partition coefficient (Wildman–Crippen LogP) is 0.965. The Morgan fingerprint density at radius 3 is 2.41 bits per heavy atom. The minimum absolute atomic E-state index is 0.237. The molecule has 3 rings (SSSR count). The van der Waals surface area contributed by atoms with Crippen molar-refractivity contribution in [1.82, 2.24) is 4.31 Å². The topological polar surface area (TPSA) is 74.8 Å². The van der Waals surface area contributed by atoms with Gasteiger partial charge in [0.25, 0.3) is 0 Å². The highest BCUT2D eigenvalue weighted by Gasteiger charge is 2.32. The van der Waals surface area contributed by atoms with Gasteiger partial charge in [0.2, 0.25) is 10.0 Å². The summed E-state index contributed by atoms with van der Waals surface area (Å²) in [6.07, 6.45) is 0. The lowest BCUT2D eigenvalue weighted by atomic mass is 10.1. The van der Waals surface area contributed by atoms with E-state index < -0.39 is 10.0 Å². The van der Waals surface area contributed by atoms with Crippen LogP contribution >= 0.6 is 0 Å². The molecule has 0 amide bonds. The highest BCUT2D eigenvalue weighted by atomic mass is 32.2. The number of nitriles is 1. The van der Waals surface area contributed by atoms with Crippen LogP contribution in [0.1, 0.15) is 16.7 Å². The van der Waals surface area contributed by atoms with Gasteiger partial charge in [0, 0.05) is 5.56 Å². The summed E-state index contributed by atoms with van der Waals surface area (Å²) in [5.74, 6) is 0.382. The first-order valence-electron chi connectivity index (χ1n) is 8.91. The molecular weight excluding hydrogens is 362 g/mol. The number of hydrogen-bond donors (Lipinski definition) is 1. The first-order valence-corrected chi connectivity index (χ1v) is 10.4. The van der Waals surface area contributed by atoms with Crippen LogP contribution in [0.2, 0.25) is 0 Å². The van der Waals surface area contributed by atoms with Gasteiger partial charge in [0.05, 0.1) is 44.9 Å². The van der Waals surface area contributed by atoms with Crippen LogP contribution < -0.4 is 9.64 Å². The fourth-order valence-electron chi connectivity index (χ4n) is 3.33. The van der Waals surface area contributed by atoms with E-state index in [2.05, 4.69) is 6.07 Å². The zero-order valence-corrected chi connectivity index (χ0v) is 16.4. The van der Waals surface area contributed by atoms with E-state index in [1.807, 2.05) is 37.3 Å². The third-order valence-electron chi connectivity index (χ3n) is 4.90. The van der Waals surface area contributed by atoms with Crippen LogP contribution in [0.4, 0.5) is 0 Å². The van der Waals surface area contributed by atoms with Crippen LogP contribution in [0, 0.1) is 18.3 Å². The van der Waals surface area contributed by atoms with Gasteiger partial charge < -0.3 is 9.64 Å². The molecule has 0 atom stereocenters.